The number of nitrogens with zero attached hydrogens (tertiary/aromatic N) is 4. The Morgan fingerprint density at radius 1 is 1.44 bits per heavy atom. The number of piperidine rings is 1. The molecule has 4 nitrogen and oxygen atoms in total. The largest absolute Gasteiger partial charge is 0.351 e. The molecule has 0 bridgehead atoms. The van der Waals surface area contributed by atoms with Gasteiger partial charge < -0.3 is 4.90 Å². The second kappa shape index (κ2) is 4.48. The summed E-state index contributed by atoms with van der Waals surface area (Å²) in [5.74, 6) is 1.40. The Bertz CT molecular complexity index is 410. The zero-order valence-electron chi connectivity index (χ0n) is 9.72. The number of hydrogen-bond acceptors (Lipinski definition) is 4. The number of nitriles is 1. The average molecular weight is 216 g/mol. The topological polar surface area (TPSA) is 52.8 Å². The molecule has 2 atom stereocenters. The second-order valence-electron chi connectivity index (χ2n) is 4.56. The third-order valence-electron chi connectivity index (χ3n) is 3.21. The fraction of sp³-hybridized carbons (Fsp3) is 0.583. The van der Waals surface area contributed by atoms with E-state index >= 15 is 0 Å². The lowest BCUT2D eigenvalue weighted by Crippen LogP contribution is -2.42. The lowest BCUT2D eigenvalue weighted by molar-refractivity contribution is 0.387. The first kappa shape index (κ1) is 10.9. The van der Waals surface area contributed by atoms with Gasteiger partial charge in [-0.2, -0.15) is 10.4 Å². The van der Waals surface area contributed by atoms with Gasteiger partial charge in [0.2, 0.25) is 0 Å². The average Bonchev–Trinajstić information content (AvgIpc) is 2.32. The molecule has 0 aliphatic carbocycles. The van der Waals surface area contributed by atoms with Gasteiger partial charge in [0.05, 0.1) is 11.8 Å². The number of aromatic nitrogens is 2. The van der Waals surface area contributed by atoms with E-state index in [2.05, 4.69) is 35.0 Å². The van der Waals surface area contributed by atoms with Crippen LogP contribution in [0.4, 0.5) is 5.82 Å². The zero-order valence-corrected chi connectivity index (χ0v) is 9.72. The van der Waals surface area contributed by atoms with Gasteiger partial charge in [0.1, 0.15) is 6.07 Å². The van der Waals surface area contributed by atoms with Crippen molar-refractivity contribution in [3.8, 4) is 6.07 Å². The first-order chi connectivity index (χ1) is 7.72. The molecule has 0 radical (unpaired) electrons. The molecule has 1 aromatic rings. The van der Waals surface area contributed by atoms with Crippen molar-refractivity contribution < 1.29 is 0 Å². The maximum atomic E-state index is 9.06. The van der Waals surface area contributed by atoms with Crippen LogP contribution in [0.15, 0.2) is 12.3 Å². The first-order valence-corrected chi connectivity index (χ1v) is 5.70. The van der Waals surface area contributed by atoms with Gasteiger partial charge in [0, 0.05) is 12.6 Å². The van der Waals surface area contributed by atoms with Crippen molar-refractivity contribution >= 4 is 5.82 Å². The van der Waals surface area contributed by atoms with Crippen LogP contribution in [0, 0.1) is 17.2 Å². The van der Waals surface area contributed by atoms with Gasteiger partial charge in [-0.15, -0.1) is 5.10 Å². The minimum absolute atomic E-state index is 0.444. The van der Waals surface area contributed by atoms with Crippen molar-refractivity contribution in [2.45, 2.75) is 32.7 Å². The Hall–Kier alpha value is -1.63. The van der Waals surface area contributed by atoms with Gasteiger partial charge in [0.15, 0.2) is 5.82 Å². The highest BCUT2D eigenvalue weighted by atomic mass is 15.3. The van der Waals surface area contributed by atoms with Crippen molar-refractivity contribution in [3.63, 3.8) is 0 Å². The van der Waals surface area contributed by atoms with E-state index in [0.717, 1.165) is 18.8 Å². The zero-order chi connectivity index (χ0) is 11.5. The summed E-state index contributed by atoms with van der Waals surface area (Å²) in [6.45, 7) is 5.39. The maximum Gasteiger partial charge on any atom is 0.169 e. The second-order valence-corrected chi connectivity index (χ2v) is 4.56. The van der Waals surface area contributed by atoms with E-state index in [1.54, 1.807) is 12.3 Å². The van der Waals surface area contributed by atoms with E-state index in [9.17, 15) is 0 Å². The normalized spacial score (nSPS) is 25.2. The van der Waals surface area contributed by atoms with E-state index < -0.39 is 0 Å². The molecule has 84 valence electrons. The van der Waals surface area contributed by atoms with Crippen molar-refractivity contribution in [1.82, 2.24) is 10.2 Å². The van der Waals surface area contributed by atoms with Crippen molar-refractivity contribution in [2.75, 3.05) is 11.4 Å². The Morgan fingerprint density at radius 3 is 3.00 bits per heavy atom. The van der Waals surface area contributed by atoms with Gasteiger partial charge in [-0.25, -0.2) is 0 Å². The van der Waals surface area contributed by atoms with E-state index in [0.29, 0.717) is 17.5 Å². The smallest absolute Gasteiger partial charge is 0.169 e. The van der Waals surface area contributed by atoms with Gasteiger partial charge >= 0.3 is 0 Å². The van der Waals surface area contributed by atoms with Crippen LogP contribution in [0.3, 0.4) is 0 Å². The molecule has 2 rings (SSSR count). The predicted octanol–water partition coefficient (Wildman–Crippen LogP) is 1.97. The van der Waals surface area contributed by atoms with E-state index in [-0.39, 0.29) is 0 Å². The molecule has 2 unspecified atom stereocenters. The fourth-order valence-electron chi connectivity index (χ4n) is 2.21. The molecule has 16 heavy (non-hydrogen) atoms. The summed E-state index contributed by atoms with van der Waals surface area (Å²) in [6, 6.07) is 4.36. The third-order valence-corrected chi connectivity index (χ3v) is 3.21. The van der Waals surface area contributed by atoms with Crippen LogP contribution in [0.1, 0.15) is 32.3 Å². The number of anilines is 1. The minimum atomic E-state index is 0.444. The van der Waals surface area contributed by atoms with Crippen LogP contribution < -0.4 is 4.90 Å². The highest BCUT2D eigenvalue weighted by Gasteiger charge is 2.25. The van der Waals surface area contributed by atoms with Crippen LogP contribution >= 0.6 is 0 Å². The molecule has 1 fully saturated rings. The summed E-state index contributed by atoms with van der Waals surface area (Å²) in [5, 5.41) is 17.1. The Kier molecular flexibility index (Phi) is 3.04. The molecule has 1 aliphatic heterocycles. The van der Waals surface area contributed by atoms with Gasteiger partial charge in [0.25, 0.3) is 0 Å². The van der Waals surface area contributed by atoms with Crippen LogP contribution in [-0.4, -0.2) is 22.8 Å². The molecule has 1 aliphatic rings. The molecule has 0 spiro atoms. The fourth-order valence-corrected chi connectivity index (χ4v) is 2.21. The summed E-state index contributed by atoms with van der Waals surface area (Å²) in [5.41, 5.74) is 0.621. The number of rotatable bonds is 1. The molecule has 1 aromatic heterocycles. The molecule has 2 heterocycles. The Morgan fingerprint density at radius 2 is 2.25 bits per heavy atom. The van der Waals surface area contributed by atoms with E-state index in [4.69, 9.17) is 5.26 Å². The van der Waals surface area contributed by atoms with Crippen LogP contribution in [-0.2, 0) is 0 Å². The maximum absolute atomic E-state index is 9.06. The lowest BCUT2D eigenvalue weighted by Gasteiger charge is -2.37. The summed E-state index contributed by atoms with van der Waals surface area (Å²) in [7, 11) is 0. The molecule has 0 N–H and O–H groups in total. The van der Waals surface area contributed by atoms with Gasteiger partial charge in [-0.1, -0.05) is 6.92 Å². The third kappa shape index (κ3) is 1.99. The molecular formula is C12H16N4. The van der Waals surface area contributed by atoms with Crippen molar-refractivity contribution in [2.24, 2.45) is 5.92 Å². The molecule has 0 amide bonds. The predicted molar refractivity (Wildman–Crippen MR) is 62.0 cm³/mol. The monoisotopic (exact) mass is 216 g/mol. The Labute approximate surface area is 95.9 Å². The first-order valence-electron chi connectivity index (χ1n) is 5.70. The highest BCUT2D eigenvalue weighted by molar-refractivity contribution is 5.53. The minimum Gasteiger partial charge on any atom is -0.351 e. The van der Waals surface area contributed by atoms with Crippen LogP contribution in [0.5, 0.6) is 0 Å². The highest BCUT2D eigenvalue weighted by Crippen LogP contribution is 2.27. The summed E-state index contributed by atoms with van der Waals surface area (Å²) >= 11 is 0. The Balaban J connectivity index is 2.32. The quantitative estimate of drug-likeness (QED) is 0.720. The molecule has 4 heteroatoms. The SMILES string of the molecule is CC1CCC(C)N(c2nnccc2C#N)C1. The van der Waals surface area contributed by atoms with Crippen molar-refractivity contribution in [1.29, 1.82) is 5.26 Å². The lowest BCUT2D eigenvalue weighted by atomic mass is 9.95. The van der Waals surface area contributed by atoms with E-state index in [1.807, 2.05) is 0 Å². The van der Waals surface area contributed by atoms with Crippen LogP contribution in [0.25, 0.3) is 0 Å². The summed E-state index contributed by atoms with van der Waals surface area (Å²) in [4.78, 5) is 2.21. The standard InChI is InChI=1S/C12H16N4/c1-9-3-4-10(2)16(8-9)12-11(7-13)5-6-14-15-12/h5-6,9-10H,3-4,8H2,1-2H3. The summed E-state index contributed by atoms with van der Waals surface area (Å²) < 4.78 is 0. The molecule has 0 saturated carbocycles. The van der Waals surface area contributed by atoms with E-state index in [1.165, 1.54) is 6.42 Å². The molecule has 0 aromatic carbocycles. The van der Waals surface area contributed by atoms with Gasteiger partial charge in [-0.3, -0.25) is 0 Å². The summed E-state index contributed by atoms with van der Waals surface area (Å²) in [6.07, 6.45) is 3.97. The molecule has 1 saturated heterocycles. The van der Waals surface area contributed by atoms with Gasteiger partial charge in [-0.05, 0) is 31.7 Å². The number of hydrogen-bond donors (Lipinski definition) is 0. The van der Waals surface area contributed by atoms with Crippen molar-refractivity contribution in [3.05, 3.63) is 17.8 Å². The van der Waals surface area contributed by atoms with Crippen LogP contribution in [0.2, 0.25) is 0 Å². The molecular weight excluding hydrogens is 200 g/mol.